The van der Waals surface area contributed by atoms with E-state index in [2.05, 4.69) is 11.7 Å². The molecule has 172 valence electrons. The number of ether oxygens (including phenoxy) is 2. The van der Waals surface area contributed by atoms with Gasteiger partial charge < -0.3 is 9.47 Å². The lowest BCUT2D eigenvalue weighted by Gasteiger charge is -2.14. The summed E-state index contributed by atoms with van der Waals surface area (Å²) in [7, 11) is 0. The summed E-state index contributed by atoms with van der Waals surface area (Å²) in [5.74, 6) is -5.87. The summed E-state index contributed by atoms with van der Waals surface area (Å²) in [4.78, 5) is 22.7. The van der Waals surface area contributed by atoms with Crippen molar-refractivity contribution in [2.24, 2.45) is 0 Å². The Bertz CT molecular complexity index is 431. The van der Waals surface area contributed by atoms with Gasteiger partial charge in [0.15, 0.2) is 6.61 Å². The Morgan fingerprint density at radius 3 is 1.66 bits per heavy atom. The van der Waals surface area contributed by atoms with Crippen molar-refractivity contribution >= 4 is 11.9 Å². The van der Waals surface area contributed by atoms with Gasteiger partial charge in [-0.05, 0) is 12.8 Å². The molecule has 0 unspecified atom stereocenters. The lowest BCUT2D eigenvalue weighted by atomic mass is 10.1. The van der Waals surface area contributed by atoms with E-state index in [0.717, 1.165) is 19.3 Å². The molecule has 0 aliphatic heterocycles. The van der Waals surface area contributed by atoms with Crippen molar-refractivity contribution in [3.8, 4) is 0 Å². The maximum Gasteiger partial charge on any atom is 0.340 e. The second-order valence-corrected chi connectivity index (χ2v) is 7.33. The average Bonchev–Trinajstić information content (AvgIpc) is 2.67. The zero-order valence-electron chi connectivity index (χ0n) is 17.5. The zero-order valence-corrected chi connectivity index (χ0v) is 17.5. The van der Waals surface area contributed by atoms with Crippen LogP contribution >= 0.6 is 0 Å². The lowest BCUT2D eigenvalue weighted by molar-refractivity contribution is -0.179. The van der Waals surface area contributed by atoms with E-state index in [1.165, 1.54) is 51.4 Å². The molecule has 0 atom stereocenters. The minimum absolute atomic E-state index is 0.0433. The second-order valence-electron chi connectivity index (χ2n) is 7.33. The molecular weight excluding hydrogens is 392 g/mol. The van der Waals surface area contributed by atoms with Crippen molar-refractivity contribution in [1.29, 1.82) is 0 Å². The van der Waals surface area contributed by atoms with E-state index in [4.69, 9.17) is 4.74 Å². The molecule has 0 aromatic heterocycles. The number of carbonyl (C=O) groups excluding carboxylic acids is 2. The van der Waals surface area contributed by atoms with Crippen LogP contribution < -0.4 is 0 Å². The predicted molar refractivity (Wildman–Crippen MR) is 103 cm³/mol. The lowest BCUT2D eigenvalue weighted by Crippen LogP contribution is -2.33. The Morgan fingerprint density at radius 1 is 0.724 bits per heavy atom. The average molecular weight is 429 g/mol. The van der Waals surface area contributed by atoms with E-state index < -0.39 is 30.9 Å². The number of hydrogen-bond donors (Lipinski definition) is 0. The first kappa shape index (κ1) is 27.7. The third-order valence-electron chi connectivity index (χ3n) is 4.52. The maximum absolute atomic E-state index is 12.6. The van der Waals surface area contributed by atoms with Gasteiger partial charge in [-0.15, -0.1) is 0 Å². The molecule has 0 radical (unpaired) electrons. The molecule has 0 saturated heterocycles. The highest BCUT2D eigenvalue weighted by molar-refractivity contribution is 5.72. The number of carbonyl (C=O) groups is 2. The van der Waals surface area contributed by atoms with Crippen molar-refractivity contribution in [3.05, 3.63) is 0 Å². The predicted octanol–water partition coefficient (Wildman–Crippen LogP) is 6.45. The molecule has 0 N–H and O–H groups in total. The minimum atomic E-state index is -4.36. The van der Waals surface area contributed by atoms with E-state index in [1.54, 1.807) is 0 Å². The third kappa shape index (κ3) is 17.2. The van der Waals surface area contributed by atoms with Crippen molar-refractivity contribution < 1.29 is 36.6 Å². The molecule has 8 heteroatoms. The SMILES string of the molecule is CCCCCCCCCCCCCOC(=O)CCCC(=O)OCC(F)(F)C(F)F. The number of esters is 2. The van der Waals surface area contributed by atoms with Gasteiger partial charge >= 0.3 is 24.3 Å². The Labute approximate surface area is 171 Å². The molecule has 0 aromatic rings. The Kier molecular flexibility index (Phi) is 16.7. The zero-order chi connectivity index (χ0) is 22.0. The molecule has 4 nitrogen and oxygen atoms in total. The smallest absolute Gasteiger partial charge is 0.340 e. The molecule has 0 rings (SSSR count). The summed E-state index contributed by atoms with van der Waals surface area (Å²) in [5.41, 5.74) is 0. The van der Waals surface area contributed by atoms with Gasteiger partial charge in [0.1, 0.15) is 0 Å². The fraction of sp³-hybridized carbons (Fsp3) is 0.905. The van der Waals surface area contributed by atoms with Crippen LogP contribution in [0.4, 0.5) is 17.6 Å². The molecule has 0 bridgehead atoms. The van der Waals surface area contributed by atoms with E-state index in [9.17, 15) is 27.2 Å². The standard InChI is InChI=1S/C21H36F4O4/c1-2-3-4-5-6-7-8-9-10-11-12-16-28-18(26)14-13-15-19(27)29-17-21(24,25)20(22)23/h20H,2-17H2,1H3. The highest BCUT2D eigenvalue weighted by Gasteiger charge is 2.42. The molecule has 0 spiro atoms. The van der Waals surface area contributed by atoms with Crippen LogP contribution in [0.15, 0.2) is 0 Å². The summed E-state index contributed by atoms with van der Waals surface area (Å²) in [6, 6.07) is 0. The number of alkyl halides is 4. The Balaban J connectivity index is 3.45. The van der Waals surface area contributed by atoms with Crippen LogP contribution in [0.5, 0.6) is 0 Å². The number of hydrogen-bond acceptors (Lipinski definition) is 4. The maximum atomic E-state index is 12.6. The van der Waals surface area contributed by atoms with E-state index >= 15 is 0 Å². The number of unbranched alkanes of at least 4 members (excludes halogenated alkanes) is 10. The van der Waals surface area contributed by atoms with Crippen LogP contribution in [0.2, 0.25) is 0 Å². The molecule has 0 heterocycles. The largest absolute Gasteiger partial charge is 0.466 e. The van der Waals surface area contributed by atoms with Crippen molar-refractivity contribution in [2.75, 3.05) is 13.2 Å². The molecule has 0 saturated carbocycles. The summed E-state index contributed by atoms with van der Waals surface area (Å²) >= 11 is 0. The van der Waals surface area contributed by atoms with Crippen LogP contribution in [0.25, 0.3) is 0 Å². The summed E-state index contributed by atoms with van der Waals surface area (Å²) in [6.45, 7) is 0.870. The van der Waals surface area contributed by atoms with Crippen LogP contribution in [-0.4, -0.2) is 37.5 Å². The first-order valence-electron chi connectivity index (χ1n) is 10.8. The highest BCUT2D eigenvalue weighted by atomic mass is 19.3. The molecule has 0 aliphatic carbocycles. The fourth-order valence-electron chi connectivity index (χ4n) is 2.71. The van der Waals surface area contributed by atoms with Crippen LogP contribution in [0.3, 0.4) is 0 Å². The highest BCUT2D eigenvalue weighted by Crippen LogP contribution is 2.23. The molecule has 0 aliphatic rings. The summed E-state index contributed by atoms with van der Waals surface area (Å²) in [6.07, 6.45) is 8.98. The first-order valence-corrected chi connectivity index (χ1v) is 10.8. The Morgan fingerprint density at radius 2 is 1.17 bits per heavy atom. The second kappa shape index (κ2) is 17.5. The van der Waals surface area contributed by atoms with Crippen molar-refractivity contribution in [3.63, 3.8) is 0 Å². The molecule has 0 amide bonds. The van der Waals surface area contributed by atoms with Crippen LogP contribution in [0.1, 0.15) is 96.8 Å². The molecule has 29 heavy (non-hydrogen) atoms. The quantitative estimate of drug-likeness (QED) is 0.135. The van der Waals surface area contributed by atoms with Gasteiger partial charge in [0.2, 0.25) is 0 Å². The van der Waals surface area contributed by atoms with Crippen LogP contribution in [0, 0.1) is 0 Å². The topological polar surface area (TPSA) is 52.6 Å². The van der Waals surface area contributed by atoms with E-state index in [1.807, 2.05) is 0 Å². The number of halogens is 4. The number of rotatable bonds is 19. The minimum Gasteiger partial charge on any atom is -0.466 e. The molecule has 0 aromatic carbocycles. The van der Waals surface area contributed by atoms with Crippen molar-refractivity contribution in [2.45, 2.75) is 109 Å². The van der Waals surface area contributed by atoms with Gasteiger partial charge in [-0.3, -0.25) is 9.59 Å². The van der Waals surface area contributed by atoms with E-state index in [-0.39, 0.29) is 19.3 Å². The summed E-state index contributed by atoms with van der Waals surface area (Å²) in [5, 5.41) is 0. The first-order chi connectivity index (χ1) is 13.8. The normalized spacial score (nSPS) is 11.7. The Hall–Kier alpha value is -1.34. The summed E-state index contributed by atoms with van der Waals surface area (Å²) < 4.78 is 58.2. The fourth-order valence-corrected chi connectivity index (χ4v) is 2.71. The van der Waals surface area contributed by atoms with Gasteiger partial charge in [0.05, 0.1) is 6.61 Å². The molecular formula is C21H36F4O4. The van der Waals surface area contributed by atoms with Gasteiger partial charge in [0.25, 0.3) is 0 Å². The van der Waals surface area contributed by atoms with Gasteiger partial charge in [-0.25, -0.2) is 8.78 Å². The van der Waals surface area contributed by atoms with Gasteiger partial charge in [-0.2, -0.15) is 8.78 Å². The third-order valence-corrected chi connectivity index (χ3v) is 4.52. The van der Waals surface area contributed by atoms with E-state index in [0.29, 0.717) is 6.61 Å². The monoisotopic (exact) mass is 428 g/mol. The molecule has 0 fully saturated rings. The van der Waals surface area contributed by atoms with Crippen LogP contribution in [-0.2, 0) is 19.1 Å². The van der Waals surface area contributed by atoms with Crippen molar-refractivity contribution in [1.82, 2.24) is 0 Å². The van der Waals surface area contributed by atoms with Gasteiger partial charge in [0, 0.05) is 12.8 Å². The van der Waals surface area contributed by atoms with Gasteiger partial charge in [-0.1, -0.05) is 71.1 Å².